The van der Waals surface area contributed by atoms with Gasteiger partial charge in [-0.1, -0.05) is 25.7 Å². The second kappa shape index (κ2) is 6.95. The number of nitrogens with two attached hydrogens (primary N) is 1. The van der Waals surface area contributed by atoms with Crippen LogP contribution in [0.3, 0.4) is 0 Å². The minimum absolute atomic E-state index is 0.438. The number of rotatable bonds is 4. The molecular formula is C12H17NS2. The fraction of sp³-hybridized carbons (Fsp3) is 0.500. The molecule has 3 heteroatoms. The van der Waals surface area contributed by atoms with Crippen molar-refractivity contribution in [3.63, 3.8) is 0 Å². The number of thioether (sulfide) groups is 1. The second-order valence-corrected chi connectivity index (χ2v) is 5.72. The Morgan fingerprint density at radius 2 is 2.40 bits per heavy atom. The normalized spacial score (nSPS) is 11.9. The van der Waals surface area contributed by atoms with E-state index in [0.717, 1.165) is 16.6 Å². The van der Waals surface area contributed by atoms with Crippen molar-refractivity contribution in [1.82, 2.24) is 0 Å². The van der Waals surface area contributed by atoms with E-state index in [-0.39, 0.29) is 0 Å². The molecule has 0 aliphatic heterocycles. The smallest absolute Gasteiger partial charge is 0.0555 e. The number of hydrogen-bond donors (Lipinski definition) is 1. The van der Waals surface area contributed by atoms with Gasteiger partial charge < -0.3 is 5.73 Å². The molecule has 0 spiro atoms. The van der Waals surface area contributed by atoms with Crippen LogP contribution in [0.15, 0.2) is 11.4 Å². The summed E-state index contributed by atoms with van der Waals surface area (Å²) in [6.07, 6.45) is 1.22. The van der Waals surface area contributed by atoms with Gasteiger partial charge >= 0.3 is 0 Å². The fourth-order valence-electron chi connectivity index (χ4n) is 1.05. The van der Waals surface area contributed by atoms with Crippen molar-refractivity contribution in [2.75, 3.05) is 6.54 Å². The quantitative estimate of drug-likeness (QED) is 0.817. The summed E-state index contributed by atoms with van der Waals surface area (Å²) in [6.45, 7) is 4.93. The van der Waals surface area contributed by atoms with Gasteiger partial charge in [0.25, 0.3) is 0 Å². The average Bonchev–Trinajstić information content (AvgIpc) is 2.70. The van der Waals surface area contributed by atoms with Gasteiger partial charge in [0.1, 0.15) is 0 Å². The molecular weight excluding hydrogens is 222 g/mol. The third-order valence-electron chi connectivity index (χ3n) is 2.14. The minimum atomic E-state index is 0.438. The molecule has 0 bridgehead atoms. The Morgan fingerprint density at radius 1 is 1.60 bits per heavy atom. The van der Waals surface area contributed by atoms with E-state index in [9.17, 15) is 0 Å². The maximum Gasteiger partial charge on any atom is 0.0555 e. The van der Waals surface area contributed by atoms with Crippen molar-refractivity contribution in [3.05, 3.63) is 21.9 Å². The first-order chi connectivity index (χ1) is 7.27. The largest absolute Gasteiger partial charge is 0.320 e. The summed E-state index contributed by atoms with van der Waals surface area (Å²) in [6, 6.07) is 2.08. The molecule has 1 rings (SSSR count). The van der Waals surface area contributed by atoms with Crippen LogP contribution in [0.1, 0.15) is 30.7 Å². The zero-order chi connectivity index (χ0) is 11.1. The molecule has 15 heavy (non-hydrogen) atoms. The monoisotopic (exact) mass is 239 g/mol. The average molecular weight is 239 g/mol. The molecule has 1 aromatic heterocycles. The van der Waals surface area contributed by atoms with E-state index < -0.39 is 0 Å². The third kappa shape index (κ3) is 4.29. The fourth-order valence-corrected chi connectivity index (χ4v) is 2.96. The number of thiophene rings is 1. The van der Waals surface area contributed by atoms with Gasteiger partial charge in [-0.25, -0.2) is 0 Å². The third-order valence-corrected chi connectivity index (χ3v) is 4.61. The summed E-state index contributed by atoms with van der Waals surface area (Å²) in [4.78, 5) is 1.38. The Labute approximate surface area is 100 Å². The molecule has 1 heterocycles. The van der Waals surface area contributed by atoms with Crippen LogP contribution in [0.4, 0.5) is 0 Å². The lowest BCUT2D eigenvalue weighted by Gasteiger charge is -2.06. The molecule has 0 fully saturated rings. The van der Waals surface area contributed by atoms with Crippen LogP contribution in [-0.4, -0.2) is 11.8 Å². The van der Waals surface area contributed by atoms with Crippen LogP contribution < -0.4 is 5.73 Å². The van der Waals surface area contributed by atoms with Crippen molar-refractivity contribution in [2.24, 2.45) is 5.73 Å². The van der Waals surface area contributed by atoms with Crippen molar-refractivity contribution in [1.29, 1.82) is 0 Å². The van der Waals surface area contributed by atoms with Gasteiger partial charge in [-0.3, -0.25) is 0 Å². The summed E-state index contributed by atoms with van der Waals surface area (Å²) in [5, 5.41) is 2.83. The highest BCUT2D eigenvalue weighted by atomic mass is 32.2. The maximum absolute atomic E-state index is 5.36. The SMILES string of the molecule is CCC(C)SCc1sccc1C#CCN. The van der Waals surface area contributed by atoms with E-state index in [1.165, 1.54) is 11.3 Å². The van der Waals surface area contributed by atoms with Crippen LogP contribution in [0.2, 0.25) is 0 Å². The van der Waals surface area contributed by atoms with Gasteiger partial charge in [0.15, 0.2) is 0 Å². The van der Waals surface area contributed by atoms with Gasteiger partial charge in [-0.2, -0.15) is 11.8 Å². The van der Waals surface area contributed by atoms with Crippen molar-refractivity contribution in [2.45, 2.75) is 31.3 Å². The first-order valence-corrected chi connectivity index (χ1v) is 7.07. The van der Waals surface area contributed by atoms with Crippen LogP contribution in [0, 0.1) is 11.8 Å². The Kier molecular flexibility index (Phi) is 5.85. The lowest BCUT2D eigenvalue weighted by Crippen LogP contribution is -1.94. The highest BCUT2D eigenvalue weighted by Gasteiger charge is 2.04. The molecule has 1 nitrogen and oxygen atoms in total. The first kappa shape index (κ1) is 12.6. The van der Waals surface area contributed by atoms with Crippen LogP contribution in [-0.2, 0) is 5.75 Å². The molecule has 2 N–H and O–H groups in total. The second-order valence-electron chi connectivity index (χ2n) is 3.29. The van der Waals surface area contributed by atoms with E-state index >= 15 is 0 Å². The molecule has 0 aliphatic carbocycles. The van der Waals surface area contributed by atoms with Crippen LogP contribution >= 0.6 is 23.1 Å². The summed E-state index contributed by atoms with van der Waals surface area (Å²) in [5.74, 6) is 7.10. The van der Waals surface area contributed by atoms with Gasteiger partial charge in [0.2, 0.25) is 0 Å². The summed E-state index contributed by atoms with van der Waals surface area (Å²) < 4.78 is 0. The van der Waals surface area contributed by atoms with Crippen molar-refractivity contribution >= 4 is 23.1 Å². The van der Waals surface area contributed by atoms with Gasteiger partial charge in [0.05, 0.1) is 6.54 Å². The molecule has 0 saturated carbocycles. The Morgan fingerprint density at radius 3 is 3.07 bits per heavy atom. The molecule has 0 aromatic carbocycles. The van der Waals surface area contributed by atoms with E-state index in [0.29, 0.717) is 6.54 Å². The van der Waals surface area contributed by atoms with E-state index in [2.05, 4.69) is 37.1 Å². The number of hydrogen-bond acceptors (Lipinski definition) is 3. The molecule has 0 aliphatic rings. The lowest BCUT2D eigenvalue weighted by molar-refractivity contribution is 0.905. The Balaban J connectivity index is 2.57. The summed E-state index contributed by atoms with van der Waals surface area (Å²) in [5.41, 5.74) is 6.52. The molecule has 0 saturated heterocycles. The van der Waals surface area contributed by atoms with Crippen molar-refractivity contribution < 1.29 is 0 Å². The van der Waals surface area contributed by atoms with Gasteiger partial charge in [0, 0.05) is 21.4 Å². The minimum Gasteiger partial charge on any atom is -0.320 e. The zero-order valence-corrected chi connectivity index (χ0v) is 10.9. The molecule has 0 amide bonds. The van der Waals surface area contributed by atoms with E-state index in [4.69, 9.17) is 5.73 Å². The standard InChI is InChI=1S/C12H17NS2/c1-3-10(2)15-9-12-11(5-4-7-13)6-8-14-12/h6,8,10H,3,7,9,13H2,1-2H3. The topological polar surface area (TPSA) is 26.0 Å². The Hall–Kier alpha value is -0.430. The van der Waals surface area contributed by atoms with E-state index in [1.807, 2.05) is 11.8 Å². The molecule has 1 atom stereocenters. The molecule has 0 radical (unpaired) electrons. The van der Waals surface area contributed by atoms with E-state index in [1.54, 1.807) is 11.3 Å². The summed E-state index contributed by atoms with van der Waals surface area (Å²) >= 11 is 3.78. The van der Waals surface area contributed by atoms with Crippen LogP contribution in [0.5, 0.6) is 0 Å². The zero-order valence-electron chi connectivity index (χ0n) is 9.25. The Bertz CT molecular complexity index is 346. The van der Waals surface area contributed by atoms with Crippen LogP contribution in [0.25, 0.3) is 0 Å². The highest BCUT2D eigenvalue weighted by molar-refractivity contribution is 7.99. The molecule has 1 unspecified atom stereocenters. The van der Waals surface area contributed by atoms with Gasteiger partial charge in [-0.15, -0.1) is 11.3 Å². The predicted octanol–water partition coefficient (Wildman–Crippen LogP) is 3.09. The first-order valence-electron chi connectivity index (χ1n) is 5.14. The highest BCUT2D eigenvalue weighted by Crippen LogP contribution is 2.25. The molecule has 82 valence electrons. The predicted molar refractivity (Wildman–Crippen MR) is 71.3 cm³/mol. The van der Waals surface area contributed by atoms with Gasteiger partial charge in [-0.05, 0) is 17.9 Å². The maximum atomic E-state index is 5.36. The summed E-state index contributed by atoms with van der Waals surface area (Å²) in [7, 11) is 0. The lowest BCUT2D eigenvalue weighted by atomic mass is 10.3. The molecule has 1 aromatic rings. The van der Waals surface area contributed by atoms with Crippen molar-refractivity contribution in [3.8, 4) is 11.8 Å².